The number of aliphatic imine (C=N–C) groups is 1. The first kappa shape index (κ1) is 21.0. The minimum absolute atomic E-state index is 0. The standard InChI is InChI=1S/C18H31N5.HI/c1-14(2)10-16-7-9-23(13-16)18(19-3)21-12-15-6-8-20-17(11-15)22(4)5;/h6,8,11,14,16H,7,9-10,12-13H2,1-5H3,(H,19,21);1H. The van der Waals surface area contributed by atoms with Gasteiger partial charge in [0.15, 0.2) is 5.96 Å². The van der Waals surface area contributed by atoms with Crippen LogP contribution in [0, 0.1) is 11.8 Å². The lowest BCUT2D eigenvalue weighted by Gasteiger charge is -2.22. The second-order valence-electron chi connectivity index (χ2n) is 7.05. The minimum Gasteiger partial charge on any atom is -0.363 e. The van der Waals surface area contributed by atoms with Gasteiger partial charge in [0.2, 0.25) is 0 Å². The number of nitrogens with zero attached hydrogens (tertiary/aromatic N) is 4. The molecule has 1 unspecified atom stereocenters. The fourth-order valence-corrected chi connectivity index (χ4v) is 3.21. The van der Waals surface area contributed by atoms with Crippen LogP contribution >= 0.6 is 24.0 Å². The zero-order valence-electron chi connectivity index (χ0n) is 15.6. The van der Waals surface area contributed by atoms with Crippen LogP contribution in [0.3, 0.4) is 0 Å². The number of hydrogen-bond donors (Lipinski definition) is 1. The molecule has 1 fully saturated rings. The lowest BCUT2D eigenvalue weighted by atomic mass is 9.97. The van der Waals surface area contributed by atoms with Crippen molar-refractivity contribution in [2.24, 2.45) is 16.8 Å². The van der Waals surface area contributed by atoms with Crippen molar-refractivity contribution in [3.05, 3.63) is 23.9 Å². The summed E-state index contributed by atoms with van der Waals surface area (Å²) in [5.74, 6) is 3.57. The summed E-state index contributed by atoms with van der Waals surface area (Å²) in [6, 6.07) is 4.17. The van der Waals surface area contributed by atoms with Crippen molar-refractivity contribution in [1.29, 1.82) is 0 Å². The van der Waals surface area contributed by atoms with Crippen LogP contribution in [-0.2, 0) is 6.54 Å². The summed E-state index contributed by atoms with van der Waals surface area (Å²) in [7, 11) is 5.89. The van der Waals surface area contributed by atoms with Crippen molar-refractivity contribution < 1.29 is 0 Å². The Morgan fingerprint density at radius 3 is 2.83 bits per heavy atom. The highest BCUT2D eigenvalue weighted by molar-refractivity contribution is 14.0. The number of nitrogens with one attached hydrogen (secondary N) is 1. The molecule has 24 heavy (non-hydrogen) atoms. The van der Waals surface area contributed by atoms with Crippen LogP contribution in [0.5, 0.6) is 0 Å². The van der Waals surface area contributed by atoms with E-state index in [1.165, 1.54) is 18.4 Å². The van der Waals surface area contributed by atoms with Gasteiger partial charge < -0.3 is 15.1 Å². The van der Waals surface area contributed by atoms with E-state index in [1.54, 1.807) is 0 Å². The van der Waals surface area contributed by atoms with Gasteiger partial charge in [-0.1, -0.05) is 13.8 Å². The van der Waals surface area contributed by atoms with Crippen LogP contribution in [0.25, 0.3) is 0 Å². The molecular formula is C18H32IN5. The molecule has 0 saturated carbocycles. The molecule has 1 aromatic heterocycles. The molecule has 1 N–H and O–H groups in total. The molecule has 0 spiro atoms. The largest absolute Gasteiger partial charge is 0.363 e. The SMILES string of the molecule is CN=C(NCc1ccnc(N(C)C)c1)N1CCC(CC(C)C)C1.I. The molecule has 0 radical (unpaired) electrons. The summed E-state index contributed by atoms with van der Waals surface area (Å²) in [5, 5.41) is 3.50. The molecule has 0 bridgehead atoms. The molecule has 5 nitrogen and oxygen atoms in total. The van der Waals surface area contributed by atoms with E-state index in [0.29, 0.717) is 0 Å². The topological polar surface area (TPSA) is 43.8 Å². The Bertz CT molecular complexity index is 530. The molecular weight excluding hydrogens is 413 g/mol. The van der Waals surface area contributed by atoms with Crippen LogP contribution in [-0.4, -0.2) is 50.1 Å². The molecule has 1 aliphatic rings. The van der Waals surface area contributed by atoms with Gasteiger partial charge in [-0.3, -0.25) is 4.99 Å². The molecule has 1 aromatic rings. The Morgan fingerprint density at radius 1 is 1.46 bits per heavy atom. The maximum atomic E-state index is 4.46. The molecule has 136 valence electrons. The summed E-state index contributed by atoms with van der Waals surface area (Å²) in [4.78, 5) is 13.2. The lowest BCUT2D eigenvalue weighted by molar-refractivity contribution is 0.403. The molecule has 1 atom stereocenters. The normalized spacial score (nSPS) is 17.8. The Kier molecular flexibility index (Phi) is 8.80. The van der Waals surface area contributed by atoms with Crippen molar-refractivity contribution in [2.75, 3.05) is 39.1 Å². The van der Waals surface area contributed by atoms with E-state index in [4.69, 9.17) is 0 Å². The van der Waals surface area contributed by atoms with Gasteiger partial charge >= 0.3 is 0 Å². The average Bonchev–Trinajstić information content (AvgIpc) is 2.95. The molecule has 2 heterocycles. The molecule has 0 aliphatic carbocycles. The van der Waals surface area contributed by atoms with Crippen molar-refractivity contribution in [1.82, 2.24) is 15.2 Å². The quantitative estimate of drug-likeness (QED) is 0.430. The van der Waals surface area contributed by atoms with Gasteiger partial charge in [-0.05, 0) is 42.4 Å². The zero-order valence-corrected chi connectivity index (χ0v) is 17.9. The molecule has 2 rings (SSSR count). The fourth-order valence-electron chi connectivity index (χ4n) is 3.21. The number of anilines is 1. The molecule has 1 saturated heterocycles. The van der Waals surface area contributed by atoms with Crippen LogP contribution in [0.2, 0.25) is 0 Å². The Balaban J connectivity index is 0.00000288. The van der Waals surface area contributed by atoms with Crippen LogP contribution in [0.15, 0.2) is 23.3 Å². The van der Waals surface area contributed by atoms with E-state index < -0.39 is 0 Å². The zero-order chi connectivity index (χ0) is 16.8. The first-order valence-electron chi connectivity index (χ1n) is 8.57. The summed E-state index contributed by atoms with van der Waals surface area (Å²) >= 11 is 0. The first-order valence-corrected chi connectivity index (χ1v) is 8.57. The average molecular weight is 445 g/mol. The van der Waals surface area contributed by atoms with E-state index in [-0.39, 0.29) is 24.0 Å². The smallest absolute Gasteiger partial charge is 0.193 e. The van der Waals surface area contributed by atoms with Gasteiger partial charge in [0.25, 0.3) is 0 Å². The predicted molar refractivity (Wildman–Crippen MR) is 113 cm³/mol. The first-order chi connectivity index (χ1) is 11.0. The third-order valence-electron chi connectivity index (χ3n) is 4.32. The van der Waals surface area contributed by atoms with Crippen molar-refractivity contribution in [3.8, 4) is 0 Å². The highest BCUT2D eigenvalue weighted by Crippen LogP contribution is 2.23. The molecule has 0 aromatic carbocycles. The van der Waals surface area contributed by atoms with E-state index in [0.717, 1.165) is 43.2 Å². The second-order valence-corrected chi connectivity index (χ2v) is 7.05. The summed E-state index contributed by atoms with van der Waals surface area (Å²) in [5.41, 5.74) is 1.22. The summed E-state index contributed by atoms with van der Waals surface area (Å²) < 4.78 is 0. The summed E-state index contributed by atoms with van der Waals surface area (Å²) in [6.45, 7) is 7.62. The van der Waals surface area contributed by atoms with Crippen LogP contribution in [0.1, 0.15) is 32.3 Å². The Labute approximate surface area is 163 Å². The number of halogens is 1. The number of pyridine rings is 1. The van der Waals surface area contributed by atoms with Crippen molar-refractivity contribution in [2.45, 2.75) is 33.2 Å². The number of hydrogen-bond acceptors (Lipinski definition) is 3. The number of aromatic nitrogens is 1. The number of likely N-dealkylation sites (tertiary alicyclic amines) is 1. The third-order valence-corrected chi connectivity index (χ3v) is 4.32. The highest BCUT2D eigenvalue weighted by atomic mass is 127. The van der Waals surface area contributed by atoms with E-state index >= 15 is 0 Å². The maximum Gasteiger partial charge on any atom is 0.193 e. The number of guanidine groups is 1. The fraction of sp³-hybridized carbons (Fsp3) is 0.667. The van der Waals surface area contributed by atoms with Gasteiger partial charge in [-0.25, -0.2) is 4.98 Å². The van der Waals surface area contributed by atoms with Crippen molar-refractivity contribution >= 4 is 35.8 Å². The van der Waals surface area contributed by atoms with E-state index in [1.807, 2.05) is 32.2 Å². The predicted octanol–water partition coefficient (Wildman–Crippen LogP) is 3.21. The molecule has 0 amide bonds. The van der Waals surface area contributed by atoms with Gasteiger partial charge in [-0.2, -0.15) is 0 Å². The molecule has 1 aliphatic heterocycles. The monoisotopic (exact) mass is 445 g/mol. The Hall–Kier alpha value is -1.05. The third kappa shape index (κ3) is 6.11. The van der Waals surface area contributed by atoms with Gasteiger partial charge in [0, 0.05) is 47.0 Å². The van der Waals surface area contributed by atoms with Crippen molar-refractivity contribution in [3.63, 3.8) is 0 Å². The molecule has 6 heteroatoms. The van der Waals surface area contributed by atoms with Gasteiger partial charge in [-0.15, -0.1) is 24.0 Å². The minimum atomic E-state index is 0. The second kappa shape index (κ2) is 10.1. The highest BCUT2D eigenvalue weighted by Gasteiger charge is 2.25. The Morgan fingerprint density at radius 2 is 2.21 bits per heavy atom. The number of rotatable bonds is 5. The van der Waals surface area contributed by atoms with E-state index in [9.17, 15) is 0 Å². The van der Waals surface area contributed by atoms with Gasteiger partial charge in [0.1, 0.15) is 5.82 Å². The maximum absolute atomic E-state index is 4.46. The lowest BCUT2D eigenvalue weighted by Crippen LogP contribution is -2.39. The van der Waals surface area contributed by atoms with Gasteiger partial charge in [0.05, 0.1) is 0 Å². The van der Waals surface area contributed by atoms with Crippen LogP contribution in [0.4, 0.5) is 5.82 Å². The van der Waals surface area contributed by atoms with Crippen LogP contribution < -0.4 is 10.2 Å². The van der Waals surface area contributed by atoms with E-state index in [2.05, 4.69) is 46.2 Å². The summed E-state index contributed by atoms with van der Waals surface area (Å²) in [6.07, 6.45) is 4.45.